The van der Waals surface area contributed by atoms with Crippen LogP contribution >= 0.6 is 0 Å². The third-order valence-corrected chi connectivity index (χ3v) is 6.69. The maximum atomic E-state index is 13.2. The van der Waals surface area contributed by atoms with Gasteiger partial charge in [-0.25, -0.2) is 9.78 Å². The lowest BCUT2D eigenvalue weighted by Gasteiger charge is -2.29. The molecule has 1 aromatic heterocycles. The number of nitrogens with one attached hydrogen (secondary N) is 1. The van der Waals surface area contributed by atoms with E-state index in [1.807, 2.05) is 27.7 Å². The van der Waals surface area contributed by atoms with Crippen molar-refractivity contribution in [2.75, 3.05) is 13.1 Å². The van der Waals surface area contributed by atoms with Gasteiger partial charge in [0.25, 0.3) is 5.91 Å². The topological polar surface area (TPSA) is 142 Å². The van der Waals surface area contributed by atoms with Gasteiger partial charge in [-0.2, -0.15) is 0 Å². The van der Waals surface area contributed by atoms with Gasteiger partial charge in [0, 0.05) is 25.4 Å². The van der Waals surface area contributed by atoms with E-state index in [-0.39, 0.29) is 42.2 Å². The Bertz CT molecular complexity index is 1070. The van der Waals surface area contributed by atoms with E-state index in [2.05, 4.69) is 10.3 Å². The molecule has 0 spiro atoms. The Morgan fingerprint density at radius 1 is 1.18 bits per heavy atom. The fourth-order valence-electron chi connectivity index (χ4n) is 4.77. The molecule has 1 unspecified atom stereocenters. The zero-order chi connectivity index (χ0) is 27.8. The highest BCUT2D eigenvalue weighted by Crippen LogP contribution is 2.25. The van der Waals surface area contributed by atoms with Gasteiger partial charge in [0.1, 0.15) is 18.4 Å². The van der Waals surface area contributed by atoms with Crippen LogP contribution < -0.4 is 5.32 Å². The molecule has 1 fully saturated rings. The summed E-state index contributed by atoms with van der Waals surface area (Å²) in [4.78, 5) is 44.3. The number of amides is 2. The first-order valence-corrected chi connectivity index (χ1v) is 13.2. The normalized spacial score (nSPS) is 31.7. The van der Waals surface area contributed by atoms with E-state index >= 15 is 0 Å². The summed E-state index contributed by atoms with van der Waals surface area (Å²) in [6.45, 7) is 8.25. The van der Waals surface area contributed by atoms with Crippen LogP contribution in [0.1, 0.15) is 63.3 Å². The minimum absolute atomic E-state index is 0.0146. The van der Waals surface area contributed by atoms with Gasteiger partial charge in [-0.05, 0) is 31.8 Å². The van der Waals surface area contributed by atoms with Gasteiger partial charge < -0.3 is 29.6 Å². The van der Waals surface area contributed by atoms with Crippen LogP contribution in [0, 0.1) is 11.8 Å². The number of rotatable bonds is 1. The second kappa shape index (κ2) is 13.5. The molecule has 3 heterocycles. The van der Waals surface area contributed by atoms with Gasteiger partial charge in [0.15, 0.2) is 11.6 Å². The quantitative estimate of drug-likeness (QED) is 0.471. The van der Waals surface area contributed by atoms with Gasteiger partial charge in [0.05, 0.1) is 18.6 Å². The van der Waals surface area contributed by atoms with Crippen molar-refractivity contribution in [1.29, 1.82) is 0 Å². The number of hydrogen-bond acceptors (Lipinski definition) is 8. The van der Waals surface area contributed by atoms with Gasteiger partial charge in [-0.1, -0.05) is 50.6 Å². The number of nitrogens with zero attached hydrogens (tertiary/aromatic N) is 2. The lowest BCUT2D eigenvalue weighted by molar-refractivity contribution is -0.158. The van der Waals surface area contributed by atoms with Crippen molar-refractivity contribution in [3.05, 3.63) is 53.8 Å². The minimum atomic E-state index is -0.947. The number of fused-ring (bicyclic) bond motifs is 3. The molecule has 3 rings (SSSR count). The third-order valence-electron chi connectivity index (χ3n) is 6.69. The van der Waals surface area contributed by atoms with E-state index in [0.29, 0.717) is 25.9 Å². The molecule has 0 radical (unpaired) electrons. The molecule has 3 N–H and O–H groups in total. The van der Waals surface area contributed by atoms with Crippen LogP contribution in [0.4, 0.5) is 0 Å². The van der Waals surface area contributed by atoms with Crippen LogP contribution in [0.15, 0.2) is 46.6 Å². The summed E-state index contributed by atoms with van der Waals surface area (Å²) in [5.41, 5.74) is 0.821. The number of ether oxygens (including phenoxy) is 1. The van der Waals surface area contributed by atoms with Crippen molar-refractivity contribution in [3.63, 3.8) is 0 Å². The lowest BCUT2D eigenvalue weighted by atomic mass is 9.94. The molecule has 10 heteroatoms. The zero-order valence-corrected chi connectivity index (χ0v) is 22.5. The highest BCUT2D eigenvalue weighted by molar-refractivity contribution is 5.95. The molecule has 0 aliphatic carbocycles. The molecule has 2 aliphatic heterocycles. The summed E-state index contributed by atoms with van der Waals surface area (Å²) in [5.74, 6) is -1.29. The van der Waals surface area contributed by atoms with E-state index in [9.17, 15) is 24.6 Å². The second-order valence-electron chi connectivity index (χ2n) is 10.4. The van der Waals surface area contributed by atoms with E-state index in [1.165, 1.54) is 17.2 Å². The number of carbonyl (C=O) groups is 3. The smallest absolute Gasteiger partial charge is 0.329 e. The predicted molar refractivity (Wildman–Crippen MR) is 140 cm³/mol. The number of aliphatic hydroxyl groups is 2. The van der Waals surface area contributed by atoms with Crippen molar-refractivity contribution < 1.29 is 33.8 Å². The molecule has 1 saturated heterocycles. The number of allylic oxidation sites excluding steroid dienone is 2. The Kier molecular flexibility index (Phi) is 10.4. The van der Waals surface area contributed by atoms with Gasteiger partial charge >= 0.3 is 5.97 Å². The third kappa shape index (κ3) is 8.13. The summed E-state index contributed by atoms with van der Waals surface area (Å²) in [7, 11) is 0. The average Bonchev–Trinajstić information content (AvgIpc) is 3.52. The monoisotopic (exact) mass is 529 g/mol. The Labute approximate surface area is 223 Å². The highest BCUT2D eigenvalue weighted by Gasteiger charge is 2.38. The number of oxazole rings is 1. The van der Waals surface area contributed by atoms with E-state index in [1.54, 1.807) is 24.3 Å². The van der Waals surface area contributed by atoms with Crippen LogP contribution in [0.2, 0.25) is 0 Å². The summed E-state index contributed by atoms with van der Waals surface area (Å²) >= 11 is 0. The van der Waals surface area contributed by atoms with Crippen molar-refractivity contribution in [3.8, 4) is 0 Å². The van der Waals surface area contributed by atoms with Crippen LogP contribution in [0.5, 0.6) is 0 Å². The molecule has 10 nitrogen and oxygen atoms in total. The van der Waals surface area contributed by atoms with Gasteiger partial charge in [-0.15, -0.1) is 0 Å². The molecule has 208 valence electrons. The van der Waals surface area contributed by atoms with Crippen LogP contribution in [0.3, 0.4) is 0 Å². The molecular weight excluding hydrogens is 490 g/mol. The van der Waals surface area contributed by atoms with Gasteiger partial charge in [0.2, 0.25) is 5.91 Å². The molecule has 1 aromatic rings. The molecular formula is C28H39N3O7. The molecule has 0 saturated carbocycles. The zero-order valence-electron chi connectivity index (χ0n) is 22.5. The Balaban J connectivity index is 1.85. The summed E-state index contributed by atoms with van der Waals surface area (Å²) in [5, 5.41) is 23.5. The van der Waals surface area contributed by atoms with Crippen molar-refractivity contribution in [2.45, 2.75) is 77.7 Å². The minimum Gasteiger partial charge on any atom is -0.460 e. The summed E-state index contributed by atoms with van der Waals surface area (Å²) < 4.78 is 11.3. The Morgan fingerprint density at radius 2 is 1.95 bits per heavy atom. The van der Waals surface area contributed by atoms with E-state index in [4.69, 9.17) is 9.15 Å². The lowest BCUT2D eigenvalue weighted by Crippen LogP contribution is -2.44. The number of esters is 1. The molecule has 2 bridgehead atoms. The maximum Gasteiger partial charge on any atom is 0.329 e. The van der Waals surface area contributed by atoms with Crippen LogP contribution in [-0.4, -0.2) is 75.3 Å². The van der Waals surface area contributed by atoms with Crippen molar-refractivity contribution >= 4 is 17.8 Å². The Morgan fingerprint density at radius 3 is 2.68 bits per heavy atom. The molecule has 2 amide bonds. The standard InChI is InChI=1S/C28H39N3O7/c1-17(2)26-19(4)9-10-24(34)29-11-5-7-18(3)13-20(32)14-21(33)15-25-30-22(16-37-25)27(35)31-12-6-8-23(31)28(36)38-26/h5,7,9-10,13,16-17,19-21,23,26,32-33H,6,8,11-12,14-15H2,1-4H3,(H,29,34)/b7-5+,10-9+,18-13+/t19-,20-,21+,23-,26?/m1/s1. The molecule has 5 atom stereocenters. The predicted octanol–water partition coefficient (Wildman–Crippen LogP) is 2.33. The molecule has 38 heavy (non-hydrogen) atoms. The largest absolute Gasteiger partial charge is 0.460 e. The number of aromatic nitrogens is 1. The average molecular weight is 530 g/mol. The fourth-order valence-corrected chi connectivity index (χ4v) is 4.77. The SMILES string of the molecule is CC1=C\[C@@H](O)C[C@H](O)Cc2nc(co2)C(=O)N2CCC[C@@H]2C(=O)OC(C(C)C)[C@H](C)/C=C/C(=O)NC\C=C\1. The number of cyclic esters (lactones) is 1. The number of carbonyl (C=O) groups excluding carboxylic acids is 3. The maximum absolute atomic E-state index is 13.2. The number of hydrogen-bond donors (Lipinski definition) is 3. The highest BCUT2D eigenvalue weighted by atomic mass is 16.5. The fraction of sp³-hybridized carbons (Fsp3) is 0.571. The van der Waals surface area contributed by atoms with E-state index < -0.39 is 36.2 Å². The van der Waals surface area contributed by atoms with Gasteiger partial charge in [-0.3, -0.25) is 9.59 Å². The first-order chi connectivity index (χ1) is 18.0. The van der Waals surface area contributed by atoms with Crippen molar-refractivity contribution in [1.82, 2.24) is 15.2 Å². The Hall–Kier alpha value is -3.24. The summed E-state index contributed by atoms with van der Waals surface area (Å²) in [6, 6.07) is -0.743. The van der Waals surface area contributed by atoms with Crippen molar-refractivity contribution in [2.24, 2.45) is 11.8 Å². The first-order valence-electron chi connectivity index (χ1n) is 13.2. The van der Waals surface area contributed by atoms with Crippen LogP contribution in [0.25, 0.3) is 0 Å². The van der Waals surface area contributed by atoms with Crippen LogP contribution in [-0.2, 0) is 20.7 Å². The molecule has 0 aromatic carbocycles. The second-order valence-corrected chi connectivity index (χ2v) is 10.4. The summed E-state index contributed by atoms with van der Waals surface area (Å²) in [6.07, 6.45) is 8.37. The van der Waals surface area contributed by atoms with E-state index in [0.717, 1.165) is 5.57 Å². The first kappa shape index (κ1) is 29.3. The number of aliphatic hydroxyl groups excluding tert-OH is 2. The molecule has 2 aliphatic rings.